The molecule has 2 aliphatic heterocycles. The number of aromatic nitrogens is 3. The maximum atomic E-state index is 13.6. The van der Waals surface area contributed by atoms with Crippen molar-refractivity contribution in [2.24, 2.45) is 0 Å². The Kier molecular flexibility index (Phi) is 6.64. The van der Waals surface area contributed by atoms with E-state index in [1.54, 1.807) is 6.20 Å². The molecule has 0 bridgehead atoms. The smallest absolute Gasteiger partial charge is 0.392 e. The summed E-state index contributed by atoms with van der Waals surface area (Å²) in [6.07, 6.45) is -0.172. The number of alkyl halides is 3. The first-order chi connectivity index (χ1) is 15.4. The molecule has 13 heteroatoms. The van der Waals surface area contributed by atoms with Gasteiger partial charge in [0.15, 0.2) is 0 Å². The van der Waals surface area contributed by atoms with Gasteiger partial charge in [-0.3, -0.25) is 9.58 Å². The lowest BCUT2D eigenvalue weighted by Crippen LogP contribution is -2.50. The summed E-state index contributed by atoms with van der Waals surface area (Å²) < 4.78 is 71.1. The Labute approximate surface area is 194 Å². The highest BCUT2D eigenvalue weighted by Crippen LogP contribution is 2.51. The van der Waals surface area contributed by atoms with Gasteiger partial charge in [-0.2, -0.15) is 13.2 Å². The third-order valence-corrected chi connectivity index (χ3v) is 8.80. The van der Waals surface area contributed by atoms with Crippen molar-refractivity contribution in [1.82, 2.24) is 19.9 Å². The van der Waals surface area contributed by atoms with Gasteiger partial charge in [0.1, 0.15) is 20.3 Å². The molecule has 33 heavy (non-hydrogen) atoms. The predicted octanol–water partition coefficient (Wildman–Crippen LogP) is 2.35. The molecule has 0 radical (unpaired) electrons. The number of likely N-dealkylation sites (tertiary alicyclic amines) is 1. The van der Waals surface area contributed by atoms with Gasteiger partial charge in [-0.05, 0) is 31.7 Å². The second-order valence-electron chi connectivity index (χ2n) is 8.84. The van der Waals surface area contributed by atoms with Crippen molar-refractivity contribution in [2.45, 2.75) is 63.7 Å². The number of nitrogens with zero attached hydrogens (tertiary/aromatic N) is 4. The first kappa shape index (κ1) is 24.6. The number of aliphatic hydroxyl groups is 1. The Bertz CT molecular complexity index is 1120. The number of hydrogen-bond donors (Lipinski definition) is 1. The van der Waals surface area contributed by atoms with E-state index >= 15 is 0 Å². The van der Waals surface area contributed by atoms with Crippen molar-refractivity contribution >= 4 is 21.2 Å². The Balaban J connectivity index is 1.49. The van der Waals surface area contributed by atoms with Gasteiger partial charge in [0, 0.05) is 42.0 Å². The summed E-state index contributed by atoms with van der Waals surface area (Å²) in [6, 6.07) is 0.0138. The molecule has 0 amide bonds. The molecule has 0 aromatic carbocycles. The van der Waals surface area contributed by atoms with Crippen LogP contribution in [0.2, 0.25) is 0 Å². The zero-order chi connectivity index (χ0) is 24.0. The van der Waals surface area contributed by atoms with Gasteiger partial charge < -0.3 is 9.84 Å². The monoisotopic (exact) mass is 508 g/mol. The Morgan fingerprint density at radius 1 is 1.39 bits per heavy atom. The summed E-state index contributed by atoms with van der Waals surface area (Å²) in [6.45, 7) is 3.04. The molecule has 4 rings (SSSR count). The molecule has 0 aliphatic carbocycles. The zero-order valence-corrected chi connectivity index (χ0v) is 20.1. The lowest BCUT2D eigenvalue weighted by atomic mass is 9.81. The average Bonchev–Trinajstić information content (AvgIpc) is 3.33. The molecular formula is C20H27F3N4O4S2. The minimum absolute atomic E-state index is 0.00837. The van der Waals surface area contributed by atoms with E-state index < -0.39 is 33.1 Å². The van der Waals surface area contributed by atoms with Crippen LogP contribution < -0.4 is 0 Å². The fourth-order valence-electron chi connectivity index (χ4n) is 4.75. The minimum atomic E-state index is -4.50. The van der Waals surface area contributed by atoms with Crippen LogP contribution in [0, 0.1) is 0 Å². The van der Waals surface area contributed by atoms with Crippen LogP contribution in [0.3, 0.4) is 0 Å². The second kappa shape index (κ2) is 8.91. The number of piperidine rings is 1. The molecule has 2 atom stereocenters. The van der Waals surface area contributed by atoms with Gasteiger partial charge in [0.25, 0.3) is 0 Å². The first-order valence-electron chi connectivity index (χ1n) is 10.7. The molecule has 2 aromatic heterocycles. The maximum absolute atomic E-state index is 13.6. The quantitative estimate of drug-likeness (QED) is 0.640. The van der Waals surface area contributed by atoms with Crippen LogP contribution in [0.25, 0.3) is 0 Å². The molecule has 1 saturated heterocycles. The fourth-order valence-corrected chi connectivity index (χ4v) is 6.68. The second-order valence-corrected chi connectivity index (χ2v) is 12.1. The highest BCUT2D eigenvalue weighted by Gasteiger charge is 2.48. The number of fused-ring (bicyclic) bond motifs is 2. The van der Waals surface area contributed by atoms with E-state index in [0.29, 0.717) is 66.4 Å². The van der Waals surface area contributed by atoms with E-state index in [4.69, 9.17) is 4.74 Å². The van der Waals surface area contributed by atoms with E-state index in [0.717, 1.165) is 0 Å². The normalized spacial score (nSPS) is 24.4. The summed E-state index contributed by atoms with van der Waals surface area (Å²) in [7, 11) is -3.10. The molecule has 0 saturated carbocycles. The third-order valence-electron chi connectivity index (χ3n) is 6.37. The van der Waals surface area contributed by atoms with E-state index in [-0.39, 0.29) is 23.9 Å². The van der Waals surface area contributed by atoms with Gasteiger partial charge in [-0.1, -0.05) is 5.21 Å². The maximum Gasteiger partial charge on any atom is 0.425 e. The minimum Gasteiger partial charge on any atom is -0.392 e. The molecule has 1 N–H and O–H groups in total. The largest absolute Gasteiger partial charge is 0.425 e. The number of rotatable bonds is 6. The Morgan fingerprint density at radius 3 is 2.79 bits per heavy atom. The lowest BCUT2D eigenvalue weighted by molar-refractivity contribution is -0.135. The van der Waals surface area contributed by atoms with E-state index in [1.165, 1.54) is 10.9 Å². The number of sulfone groups is 1. The van der Waals surface area contributed by atoms with E-state index in [1.807, 2.05) is 6.92 Å². The molecule has 1 spiro atoms. The SMILES string of the molecule is C[C@H]1C[C@@]2(CCN1Cc1cn(CCS(C)(=O)=O)nn1)OCCc1c2sc(C(F)(F)F)c1CO. The molecule has 184 valence electrons. The number of ether oxygens (including phenoxy) is 1. The first-order valence-corrected chi connectivity index (χ1v) is 13.6. The number of hydrogen-bond acceptors (Lipinski definition) is 8. The van der Waals surface area contributed by atoms with Gasteiger partial charge in [0.2, 0.25) is 0 Å². The molecule has 0 unspecified atom stereocenters. The van der Waals surface area contributed by atoms with Crippen molar-refractivity contribution in [3.63, 3.8) is 0 Å². The van der Waals surface area contributed by atoms with Gasteiger partial charge in [0.05, 0.1) is 31.2 Å². The number of aliphatic hydroxyl groups excluding tert-OH is 1. The van der Waals surface area contributed by atoms with Crippen molar-refractivity contribution in [3.05, 3.63) is 32.8 Å². The van der Waals surface area contributed by atoms with Gasteiger partial charge in [-0.25, -0.2) is 8.42 Å². The van der Waals surface area contributed by atoms with Crippen molar-refractivity contribution in [1.29, 1.82) is 0 Å². The van der Waals surface area contributed by atoms with Crippen LogP contribution >= 0.6 is 11.3 Å². The Morgan fingerprint density at radius 2 is 2.15 bits per heavy atom. The number of aryl methyl sites for hydroxylation is 1. The number of thiophene rings is 1. The van der Waals surface area contributed by atoms with Crippen molar-refractivity contribution < 1.29 is 31.4 Å². The summed E-state index contributed by atoms with van der Waals surface area (Å²) in [5.41, 5.74) is 0.505. The number of halogens is 3. The summed E-state index contributed by atoms with van der Waals surface area (Å²) >= 11 is 0.714. The summed E-state index contributed by atoms with van der Waals surface area (Å²) in [5, 5.41) is 17.8. The van der Waals surface area contributed by atoms with Crippen LogP contribution in [-0.2, 0) is 52.5 Å². The predicted molar refractivity (Wildman–Crippen MR) is 115 cm³/mol. The van der Waals surface area contributed by atoms with Gasteiger partial charge in [-0.15, -0.1) is 16.4 Å². The zero-order valence-electron chi connectivity index (χ0n) is 18.4. The van der Waals surface area contributed by atoms with Crippen LogP contribution in [0.15, 0.2) is 6.20 Å². The van der Waals surface area contributed by atoms with Crippen molar-refractivity contribution in [3.8, 4) is 0 Å². The Hall–Kier alpha value is -1.54. The molecule has 1 fully saturated rings. The standard InChI is InChI=1S/C20H27F3N4O4S2/c1-13-9-19(17-15(3-7-31-19)16(12-28)18(32-17)20(21,22)23)4-5-26(13)10-14-11-27(25-24-14)6-8-33(2,29)30/h11,13,28H,3-10,12H2,1-2H3/t13-,19+/m0/s1. The molecular weight excluding hydrogens is 481 g/mol. The topological polar surface area (TPSA) is 97.6 Å². The van der Waals surface area contributed by atoms with E-state index in [9.17, 15) is 26.7 Å². The van der Waals surface area contributed by atoms with Crippen LogP contribution in [0.1, 0.15) is 46.3 Å². The lowest BCUT2D eigenvalue weighted by Gasteiger charge is -2.47. The molecule has 2 aromatic rings. The average molecular weight is 509 g/mol. The van der Waals surface area contributed by atoms with Crippen LogP contribution in [0.4, 0.5) is 13.2 Å². The highest BCUT2D eigenvalue weighted by molar-refractivity contribution is 7.90. The van der Waals surface area contributed by atoms with Gasteiger partial charge >= 0.3 is 6.18 Å². The highest BCUT2D eigenvalue weighted by atomic mass is 32.2. The van der Waals surface area contributed by atoms with Crippen molar-refractivity contribution in [2.75, 3.05) is 25.2 Å². The third kappa shape index (κ3) is 5.11. The fraction of sp³-hybridized carbons (Fsp3) is 0.700. The van der Waals surface area contributed by atoms with E-state index in [2.05, 4.69) is 15.2 Å². The van der Waals surface area contributed by atoms with Crippen LogP contribution in [-0.4, -0.2) is 64.6 Å². The van der Waals surface area contributed by atoms with Crippen LogP contribution in [0.5, 0.6) is 0 Å². The molecule has 2 aliphatic rings. The summed E-state index contributed by atoms with van der Waals surface area (Å²) in [5.74, 6) is -0.0192. The summed E-state index contributed by atoms with van der Waals surface area (Å²) in [4.78, 5) is 2.06. The molecule has 8 nitrogen and oxygen atoms in total. The molecule has 4 heterocycles.